The van der Waals surface area contributed by atoms with Gasteiger partial charge in [-0.15, -0.1) is 0 Å². The van der Waals surface area contributed by atoms with Crippen molar-refractivity contribution in [1.82, 2.24) is 40.4 Å². The van der Waals surface area contributed by atoms with Gasteiger partial charge in [0.15, 0.2) is 0 Å². The van der Waals surface area contributed by atoms with Crippen molar-refractivity contribution in [3.63, 3.8) is 0 Å². The summed E-state index contributed by atoms with van der Waals surface area (Å²) in [5.74, 6) is 0.928. The Labute approximate surface area is 393 Å². The van der Waals surface area contributed by atoms with Gasteiger partial charge in [0.25, 0.3) is 0 Å². The first-order chi connectivity index (χ1) is 32.2. The van der Waals surface area contributed by atoms with Gasteiger partial charge in [-0.05, 0) is 127 Å². The predicted octanol–water partition coefficient (Wildman–Crippen LogP) is 8.34. The SMILES string of the molecule is COC(=O)NC[C@H](C(=O)N1[C@@H](C)CC[C@H]1c1ncc(-c2ccc(-c3ccc(-c4cnc([C@@H]5CC[C@H](C)N5C(=O)[C@@H](NC(=O)OC)C5C[C@@H](C)O[C@H](C)C5)[nH]4)cc3)cc2)[nH]1)C1C[C@@H](C)O[C@H](C)C1. The Morgan fingerprint density at radius 2 is 1.03 bits per heavy atom. The van der Waals surface area contributed by atoms with E-state index in [1.165, 1.54) is 14.2 Å². The Balaban J connectivity index is 0.934. The minimum Gasteiger partial charge on any atom is -0.453 e. The predicted molar refractivity (Wildman–Crippen MR) is 252 cm³/mol. The second-order valence-corrected chi connectivity index (χ2v) is 19.5. The number of nitrogens with zero attached hydrogens (tertiary/aromatic N) is 4. The van der Waals surface area contributed by atoms with Gasteiger partial charge in [-0.3, -0.25) is 9.59 Å². The molecule has 16 nitrogen and oxygen atoms in total. The van der Waals surface area contributed by atoms with Crippen molar-refractivity contribution in [3.05, 3.63) is 72.6 Å². The Morgan fingerprint density at radius 3 is 1.48 bits per heavy atom. The monoisotopic (exact) mass is 921 g/mol. The van der Waals surface area contributed by atoms with Crippen LogP contribution in [0, 0.1) is 17.8 Å². The van der Waals surface area contributed by atoms with Crippen LogP contribution in [0.25, 0.3) is 33.6 Å². The summed E-state index contributed by atoms with van der Waals surface area (Å²) in [5.41, 5.74) is 5.79. The van der Waals surface area contributed by atoms with E-state index >= 15 is 0 Å². The van der Waals surface area contributed by atoms with Crippen molar-refractivity contribution in [2.75, 3.05) is 20.8 Å². The molecule has 0 spiro atoms. The van der Waals surface area contributed by atoms with Crippen LogP contribution in [0.15, 0.2) is 60.9 Å². The summed E-state index contributed by atoms with van der Waals surface area (Å²) in [6.07, 6.45) is 8.53. The van der Waals surface area contributed by atoms with Crippen LogP contribution in [-0.4, -0.2) is 117 Å². The molecule has 8 rings (SSSR count). The first-order valence-corrected chi connectivity index (χ1v) is 24.1. The Bertz CT molecular complexity index is 2330. The standard InChI is InChI=1S/C51H68N8O8/c1-28-9-19-43(58(28)48(60)40(25-54-50(62)64-7)38-21-30(3)66-31(4)22-38)46-52-26-41(55-46)36-15-11-34(12-16-36)35-13-17-37(18-14-35)42-27-53-47(56-42)44-20-10-29(2)59(44)49(61)45(57-51(63)65-8)39-23-32(5)67-33(6)24-39/h11-18,26-33,38-40,43-45H,9-10,19-25H2,1-8H3,(H,52,55)(H,53,56)(H,54,62)(H,57,63)/t28-,29-,30+,31+,32+,33+,40-,43-,44-,45-/m0/s1. The molecule has 0 bridgehead atoms. The van der Waals surface area contributed by atoms with E-state index in [2.05, 4.69) is 83.0 Å². The fourth-order valence-corrected chi connectivity index (χ4v) is 11.4. The molecule has 6 heterocycles. The topological polar surface area (TPSA) is 193 Å². The van der Waals surface area contributed by atoms with Crippen molar-refractivity contribution in [2.45, 2.75) is 148 Å². The highest BCUT2D eigenvalue weighted by Crippen LogP contribution is 2.41. The molecule has 4 aliphatic rings. The number of benzene rings is 2. The van der Waals surface area contributed by atoms with Crippen LogP contribution >= 0.6 is 0 Å². The van der Waals surface area contributed by atoms with Crippen molar-refractivity contribution in [2.24, 2.45) is 17.8 Å². The fraction of sp³-hybridized carbons (Fsp3) is 0.569. The summed E-state index contributed by atoms with van der Waals surface area (Å²) in [7, 11) is 2.65. The number of H-pyrrole nitrogens is 2. The summed E-state index contributed by atoms with van der Waals surface area (Å²) < 4.78 is 21.8. The van der Waals surface area contributed by atoms with E-state index in [-0.39, 0.29) is 78.8 Å². The summed E-state index contributed by atoms with van der Waals surface area (Å²) >= 11 is 0. The van der Waals surface area contributed by atoms with Crippen LogP contribution in [0.3, 0.4) is 0 Å². The summed E-state index contributed by atoms with van der Waals surface area (Å²) in [5, 5.41) is 5.69. The van der Waals surface area contributed by atoms with Crippen molar-refractivity contribution >= 4 is 24.0 Å². The molecule has 4 N–H and O–H groups in total. The lowest BCUT2D eigenvalue weighted by Crippen LogP contribution is -2.55. The second kappa shape index (κ2) is 20.6. The zero-order valence-corrected chi connectivity index (χ0v) is 40.1. The minimum absolute atomic E-state index is 0.0198. The van der Waals surface area contributed by atoms with Gasteiger partial charge >= 0.3 is 12.2 Å². The van der Waals surface area contributed by atoms with Crippen LogP contribution in [0.4, 0.5) is 9.59 Å². The number of hydrogen-bond acceptors (Lipinski definition) is 10. The highest BCUT2D eigenvalue weighted by Gasteiger charge is 2.46. The van der Waals surface area contributed by atoms with Gasteiger partial charge in [-0.1, -0.05) is 48.5 Å². The molecular formula is C51H68N8O8. The second-order valence-electron chi connectivity index (χ2n) is 19.5. The van der Waals surface area contributed by atoms with Crippen LogP contribution in [0.5, 0.6) is 0 Å². The molecule has 4 fully saturated rings. The lowest BCUT2D eigenvalue weighted by atomic mass is 9.80. The highest BCUT2D eigenvalue weighted by molar-refractivity contribution is 5.87. The zero-order chi connectivity index (χ0) is 47.5. The molecule has 0 aliphatic carbocycles. The van der Waals surface area contributed by atoms with Gasteiger partial charge in [0.1, 0.15) is 17.7 Å². The number of carbonyl (C=O) groups is 4. The van der Waals surface area contributed by atoms with Gasteiger partial charge in [0, 0.05) is 18.6 Å². The van der Waals surface area contributed by atoms with Crippen LogP contribution in [0.1, 0.15) is 117 Å². The van der Waals surface area contributed by atoms with E-state index in [1.807, 2.05) is 49.9 Å². The Hall–Kier alpha value is -5.74. The molecule has 0 unspecified atom stereocenters. The fourth-order valence-electron chi connectivity index (χ4n) is 11.4. The van der Waals surface area contributed by atoms with Gasteiger partial charge in [-0.25, -0.2) is 19.6 Å². The lowest BCUT2D eigenvalue weighted by molar-refractivity contribution is -0.144. The first kappa shape index (κ1) is 47.7. The molecule has 0 radical (unpaired) electrons. The van der Waals surface area contributed by atoms with E-state index < -0.39 is 24.1 Å². The van der Waals surface area contributed by atoms with E-state index in [1.54, 1.807) is 0 Å². The van der Waals surface area contributed by atoms with Gasteiger partial charge in [0.2, 0.25) is 11.8 Å². The molecule has 4 amide bonds. The van der Waals surface area contributed by atoms with Crippen LogP contribution in [0.2, 0.25) is 0 Å². The number of imidazole rings is 2. The summed E-state index contributed by atoms with van der Waals surface area (Å²) in [6, 6.07) is 15.5. The normalized spacial score (nSPS) is 28.4. The van der Waals surface area contributed by atoms with Gasteiger partial charge in [-0.2, -0.15) is 0 Å². The van der Waals surface area contributed by atoms with Gasteiger partial charge < -0.3 is 49.3 Å². The number of likely N-dealkylation sites (tertiary alicyclic amines) is 2. The lowest BCUT2D eigenvalue weighted by Gasteiger charge is -2.39. The smallest absolute Gasteiger partial charge is 0.407 e. The summed E-state index contributed by atoms with van der Waals surface area (Å²) in [4.78, 5) is 74.2. The summed E-state index contributed by atoms with van der Waals surface area (Å²) in [6.45, 7) is 12.4. The number of aromatic nitrogens is 4. The van der Waals surface area contributed by atoms with E-state index in [4.69, 9.17) is 28.9 Å². The molecule has 67 heavy (non-hydrogen) atoms. The average molecular weight is 921 g/mol. The quantitative estimate of drug-likeness (QED) is 0.107. The number of aromatic amines is 2. The van der Waals surface area contributed by atoms with Crippen molar-refractivity contribution in [3.8, 4) is 33.6 Å². The minimum atomic E-state index is -0.736. The molecule has 4 aliphatic heterocycles. The number of hydrogen-bond donors (Lipinski definition) is 4. The first-order valence-electron chi connectivity index (χ1n) is 24.1. The Morgan fingerprint density at radius 1 is 0.612 bits per heavy atom. The molecule has 4 saturated heterocycles. The largest absolute Gasteiger partial charge is 0.453 e. The molecule has 360 valence electrons. The van der Waals surface area contributed by atoms with Crippen molar-refractivity contribution in [1.29, 1.82) is 0 Å². The van der Waals surface area contributed by atoms with E-state index in [0.29, 0.717) is 12.8 Å². The molecular weight excluding hydrogens is 853 g/mol. The third-order valence-corrected chi connectivity index (χ3v) is 14.6. The molecule has 2 aromatic heterocycles. The number of amides is 4. The van der Waals surface area contributed by atoms with Crippen LogP contribution < -0.4 is 10.6 Å². The van der Waals surface area contributed by atoms with E-state index in [9.17, 15) is 19.2 Å². The van der Waals surface area contributed by atoms with Crippen molar-refractivity contribution < 1.29 is 38.1 Å². The number of rotatable bonds is 12. The Kier molecular flexibility index (Phi) is 14.7. The number of nitrogens with one attached hydrogen (secondary N) is 4. The van der Waals surface area contributed by atoms with Crippen LogP contribution in [-0.2, 0) is 28.5 Å². The zero-order valence-electron chi connectivity index (χ0n) is 40.1. The third-order valence-electron chi connectivity index (χ3n) is 14.6. The maximum Gasteiger partial charge on any atom is 0.407 e. The maximum atomic E-state index is 14.5. The number of methoxy groups -OCH3 is 2. The highest BCUT2D eigenvalue weighted by atomic mass is 16.5. The number of alkyl carbamates (subject to hydrolysis) is 2. The maximum absolute atomic E-state index is 14.5. The van der Waals surface area contributed by atoms with Gasteiger partial charge in [0.05, 0.1) is 80.4 Å². The third kappa shape index (κ3) is 10.5. The number of ether oxygens (including phenoxy) is 4. The average Bonchev–Trinajstić information content (AvgIpc) is 4.14. The van der Waals surface area contributed by atoms with E-state index in [0.717, 1.165) is 83.8 Å². The molecule has 4 aromatic rings. The molecule has 0 saturated carbocycles. The molecule has 10 atom stereocenters. The number of carbonyl (C=O) groups excluding carboxylic acids is 4. The molecule has 2 aromatic carbocycles. The molecule has 16 heteroatoms.